The van der Waals surface area contributed by atoms with Crippen LogP contribution in [-0.2, 0) is 0 Å². The number of nitrogens with one attached hydrogen (secondary N) is 2. The molecule has 1 amide bonds. The summed E-state index contributed by atoms with van der Waals surface area (Å²) < 4.78 is 0. The van der Waals surface area contributed by atoms with E-state index < -0.39 is 5.91 Å². The Bertz CT molecular complexity index is 738. The van der Waals surface area contributed by atoms with Gasteiger partial charge in [0.25, 0.3) is 5.91 Å². The van der Waals surface area contributed by atoms with E-state index in [1.165, 1.54) is 12.3 Å². The van der Waals surface area contributed by atoms with Gasteiger partial charge in [-0.1, -0.05) is 29.3 Å². The van der Waals surface area contributed by atoms with Crippen molar-refractivity contribution >= 4 is 34.8 Å². The van der Waals surface area contributed by atoms with Crippen LogP contribution in [0.1, 0.15) is 21.6 Å². The quantitative estimate of drug-likeness (QED) is 0.891. The number of aromatic nitrogens is 1. The summed E-state index contributed by atoms with van der Waals surface area (Å²) in [6, 6.07) is 4.74. The summed E-state index contributed by atoms with van der Waals surface area (Å²) in [5.74, 6) is -0.555. The molecule has 1 aromatic heterocycles. The Balaban J connectivity index is 2.38. The van der Waals surface area contributed by atoms with Crippen LogP contribution in [-0.4, -0.2) is 10.9 Å². The Kier molecular flexibility index (Phi) is 4.16. The summed E-state index contributed by atoms with van der Waals surface area (Å²) in [6.45, 7) is 3.53. The average Bonchev–Trinajstić information content (AvgIpc) is 2.39. The minimum absolute atomic E-state index is 0.00393. The van der Waals surface area contributed by atoms with Crippen LogP contribution in [0.15, 0.2) is 29.2 Å². The number of halogens is 2. The molecule has 0 atom stereocenters. The molecule has 0 spiro atoms. The summed E-state index contributed by atoms with van der Waals surface area (Å²) in [7, 11) is 0. The smallest absolute Gasteiger partial charge is 0.261 e. The maximum Gasteiger partial charge on any atom is 0.261 e. The molecule has 1 aromatic carbocycles. The largest absolute Gasteiger partial charge is 0.364 e. The number of aromatic amines is 1. The molecule has 4 nitrogen and oxygen atoms in total. The lowest BCUT2D eigenvalue weighted by Gasteiger charge is -2.11. The second-order valence-corrected chi connectivity index (χ2v) is 5.19. The van der Waals surface area contributed by atoms with Gasteiger partial charge in [0, 0.05) is 18.0 Å². The molecule has 0 bridgehead atoms. The van der Waals surface area contributed by atoms with Gasteiger partial charge in [-0.25, -0.2) is 0 Å². The third kappa shape index (κ3) is 2.86. The van der Waals surface area contributed by atoms with E-state index in [1.54, 1.807) is 26.0 Å². The number of rotatable bonds is 2. The lowest BCUT2D eigenvalue weighted by Crippen LogP contribution is -2.22. The van der Waals surface area contributed by atoms with Crippen molar-refractivity contribution in [1.82, 2.24) is 4.98 Å². The molecule has 0 aliphatic heterocycles. The van der Waals surface area contributed by atoms with Crippen LogP contribution in [0.4, 0.5) is 5.69 Å². The highest BCUT2D eigenvalue weighted by atomic mass is 35.5. The second kappa shape index (κ2) is 5.69. The summed E-state index contributed by atoms with van der Waals surface area (Å²) in [6.07, 6.45) is 1.37. The van der Waals surface area contributed by atoms with E-state index in [2.05, 4.69) is 10.3 Å². The molecular weight excluding hydrogens is 299 g/mol. The van der Waals surface area contributed by atoms with Gasteiger partial charge < -0.3 is 10.3 Å². The van der Waals surface area contributed by atoms with Crippen LogP contribution in [0.25, 0.3) is 0 Å². The van der Waals surface area contributed by atoms with Gasteiger partial charge in [-0.2, -0.15) is 0 Å². The maximum absolute atomic E-state index is 12.1. The minimum atomic E-state index is -0.555. The van der Waals surface area contributed by atoms with Crippen LogP contribution in [0, 0.1) is 13.8 Å². The Morgan fingerprint density at radius 3 is 2.60 bits per heavy atom. The predicted octanol–water partition coefficient (Wildman–Crippen LogP) is 3.55. The van der Waals surface area contributed by atoms with Gasteiger partial charge in [0.05, 0.1) is 15.7 Å². The molecule has 0 saturated carbocycles. The third-order valence-electron chi connectivity index (χ3n) is 2.82. The molecule has 0 unspecified atom stereocenters. The number of hydrogen-bond acceptors (Lipinski definition) is 2. The van der Waals surface area contributed by atoms with Gasteiger partial charge in [-0.15, -0.1) is 0 Å². The van der Waals surface area contributed by atoms with Crippen LogP contribution in [0.5, 0.6) is 0 Å². The number of carbonyl (C=O) groups is 1. The van der Waals surface area contributed by atoms with E-state index >= 15 is 0 Å². The van der Waals surface area contributed by atoms with E-state index in [1.807, 2.05) is 0 Å². The fraction of sp³-hybridized carbons (Fsp3) is 0.143. The van der Waals surface area contributed by atoms with Crippen LogP contribution < -0.4 is 10.7 Å². The van der Waals surface area contributed by atoms with Gasteiger partial charge in [0.2, 0.25) is 0 Å². The lowest BCUT2D eigenvalue weighted by atomic mass is 10.2. The highest BCUT2D eigenvalue weighted by Gasteiger charge is 2.15. The van der Waals surface area contributed by atoms with Gasteiger partial charge in [-0.05, 0) is 25.5 Å². The maximum atomic E-state index is 12.1. The predicted molar refractivity (Wildman–Crippen MR) is 81.0 cm³/mol. The first-order chi connectivity index (χ1) is 9.40. The fourth-order valence-corrected chi connectivity index (χ4v) is 2.17. The molecule has 104 valence electrons. The normalized spacial score (nSPS) is 10.4. The van der Waals surface area contributed by atoms with Crippen molar-refractivity contribution in [2.75, 3.05) is 5.32 Å². The number of anilines is 1. The Morgan fingerprint density at radius 1 is 1.25 bits per heavy atom. The van der Waals surface area contributed by atoms with Crippen molar-refractivity contribution in [3.05, 3.63) is 61.5 Å². The van der Waals surface area contributed by atoms with E-state index in [0.717, 1.165) is 5.56 Å². The molecule has 0 aliphatic rings. The van der Waals surface area contributed by atoms with Crippen molar-refractivity contribution in [2.45, 2.75) is 13.8 Å². The zero-order valence-electron chi connectivity index (χ0n) is 10.9. The summed E-state index contributed by atoms with van der Waals surface area (Å²) in [5.41, 5.74) is 1.41. The van der Waals surface area contributed by atoms with E-state index in [-0.39, 0.29) is 11.0 Å². The molecule has 0 radical (unpaired) electrons. The lowest BCUT2D eigenvalue weighted by molar-refractivity contribution is 0.102. The molecule has 6 heteroatoms. The first kappa shape index (κ1) is 14.6. The Morgan fingerprint density at radius 2 is 1.95 bits per heavy atom. The Hall–Kier alpha value is -1.78. The molecule has 20 heavy (non-hydrogen) atoms. The zero-order valence-corrected chi connectivity index (χ0v) is 12.4. The first-order valence-corrected chi connectivity index (χ1v) is 6.61. The van der Waals surface area contributed by atoms with Crippen molar-refractivity contribution in [3.63, 3.8) is 0 Å². The molecular formula is C14H12Cl2N2O2. The van der Waals surface area contributed by atoms with Crippen LogP contribution >= 0.6 is 23.2 Å². The van der Waals surface area contributed by atoms with Crippen molar-refractivity contribution in [2.24, 2.45) is 0 Å². The van der Waals surface area contributed by atoms with Gasteiger partial charge in [-0.3, -0.25) is 9.59 Å². The summed E-state index contributed by atoms with van der Waals surface area (Å²) >= 11 is 12.1. The Labute approximate surface area is 125 Å². The highest BCUT2D eigenvalue weighted by molar-refractivity contribution is 6.40. The number of benzene rings is 1. The molecule has 0 fully saturated rings. The van der Waals surface area contributed by atoms with Gasteiger partial charge >= 0.3 is 0 Å². The van der Waals surface area contributed by atoms with Gasteiger partial charge in [0.1, 0.15) is 5.56 Å². The molecule has 0 saturated heterocycles. The van der Waals surface area contributed by atoms with Crippen molar-refractivity contribution < 1.29 is 4.79 Å². The molecule has 2 N–H and O–H groups in total. The third-order valence-corrected chi connectivity index (χ3v) is 3.63. The van der Waals surface area contributed by atoms with E-state index in [9.17, 15) is 9.59 Å². The minimum Gasteiger partial charge on any atom is -0.364 e. The fourth-order valence-electron chi connectivity index (χ4n) is 1.70. The van der Waals surface area contributed by atoms with Crippen LogP contribution in [0.2, 0.25) is 10.0 Å². The highest BCUT2D eigenvalue weighted by Crippen LogP contribution is 2.33. The number of H-pyrrole nitrogens is 1. The first-order valence-electron chi connectivity index (χ1n) is 5.85. The molecule has 0 aliphatic carbocycles. The number of amides is 1. The number of pyridine rings is 1. The number of carbonyl (C=O) groups excluding carboxylic acids is 1. The molecule has 1 heterocycles. The average molecular weight is 311 g/mol. The number of hydrogen-bond donors (Lipinski definition) is 2. The zero-order chi connectivity index (χ0) is 14.9. The van der Waals surface area contributed by atoms with E-state index in [0.29, 0.717) is 21.4 Å². The van der Waals surface area contributed by atoms with E-state index in [4.69, 9.17) is 23.2 Å². The summed E-state index contributed by atoms with van der Waals surface area (Å²) in [4.78, 5) is 26.7. The number of aryl methyl sites for hydroxylation is 2. The SMILES string of the molecule is Cc1cc(=O)c(C(=O)Nc2c(Cl)ccc(C)c2Cl)c[nH]1. The standard InChI is InChI=1S/C14H12Cl2N2O2/c1-7-3-4-10(15)13(12(7)16)18-14(20)9-6-17-8(2)5-11(9)19/h3-6H,1-2H3,(H,17,19)(H,18,20). The van der Waals surface area contributed by atoms with Crippen LogP contribution in [0.3, 0.4) is 0 Å². The molecule has 2 aromatic rings. The monoisotopic (exact) mass is 310 g/mol. The molecule has 2 rings (SSSR count). The summed E-state index contributed by atoms with van der Waals surface area (Å²) in [5, 5.41) is 3.25. The van der Waals surface area contributed by atoms with Crippen molar-refractivity contribution in [3.8, 4) is 0 Å². The van der Waals surface area contributed by atoms with Crippen molar-refractivity contribution in [1.29, 1.82) is 0 Å². The van der Waals surface area contributed by atoms with Gasteiger partial charge in [0.15, 0.2) is 5.43 Å². The second-order valence-electron chi connectivity index (χ2n) is 4.40. The topological polar surface area (TPSA) is 62.0 Å².